The molecular formula is C9H9NO2S. The Labute approximate surface area is 80.8 Å². The van der Waals surface area contributed by atoms with Crippen LogP contribution in [0.3, 0.4) is 0 Å². The Morgan fingerprint density at radius 1 is 1.77 bits per heavy atom. The number of carbonyl (C=O) groups excluding carboxylic acids is 1. The second-order valence-electron chi connectivity index (χ2n) is 2.13. The minimum atomic E-state index is -0.386. The summed E-state index contributed by atoms with van der Waals surface area (Å²) >= 11 is 1.34. The lowest BCUT2D eigenvalue weighted by Crippen LogP contribution is -2.04. The van der Waals surface area contributed by atoms with E-state index in [0.717, 1.165) is 0 Å². The van der Waals surface area contributed by atoms with Crippen molar-refractivity contribution < 1.29 is 9.53 Å². The fourth-order valence-corrected chi connectivity index (χ4v) is 1.42. The Hall–Kier alpha value is -1.34. The van der Waals surface area contributed by atoms with Crippen LogP contribution in [0.4, 0.5) is 0 Å². The van der Waals surface area contributed by atoms with E-state index in [-0.39, 0.29) is 5.97 Å². The summed E-state index contributed by atoms with van der Waals surface area (Å²) in [5.74, 6) is 5.10. The zero-order valence-corrected chi connectivity index (χ0v) is 8.27. The Bertz CT molecular complexity index is 359. The first-order valence-electron chi connectivity index (χ1n) is 3.83. The molecule has 0 aromatic carbocycles. The molecule has 0 fully saturated rings. The van der Waals surface area contributed by atoms with Crippen molar-refractivity contribution in [3.05, 3.63) is 16.1 Å². The highest BCUT2D eigenvalue weighted by Gasteiger charge is 2.09. The Kier molecular flexibility index (Phi) is 3.47. The van der Waals surface area contributed by atoms with E-state index in [1.807, 2.05) is 0 Å². The van der Waals surface area contributed by atoms with Gasteiger partial charge in [0.25, 0.3) is 0 Å². The van der Waals surface area contributed by atoms with Gasteiger partial charge in [0, 0.05) is 5.38 Å². The number of aromatic nitrogens is 1. The number of rotatable bonds is 2. The summed E-state index contributed by atoms with van der Waals surface area (Å²) < 4.78 is 4.78. The van der Waals surface area contributed by atoms with Crippen LogP contribution in [-0.2, 0) is 4.74 Å². The summed E-state index contributed by atoms with van der Waals surface area (Å²) in [6, 6.07) is 0. The Morgan fingerprint density at radius 2 is 2.54 bits per heavy atom. The van der Waals surface area contributed by atoms with Crippen molar-refractivity contribution >= 4 is 17.3 Å². The highest BCUT2D eigenvalue weighted by molar-refractivity contribution is 7.10. The molecule has 0 atom stereocenters. The molecule has 1 heterocycles. The zero-order valence-electron chi connectivity index (χ0n) is 7.46. The number of thiazole rings is 1. The van der Waals surface area contributed by atoms with Gasteiger partial charge in [0.2, 0.25) is 0 Å². The molecule has 0 saturated carbocycles. The summed E-state index contributed by atoms with van der Waals surface area (Å²) in [6.45, 7) is 3.85. The van der Waals surface area contributed by atoms with Crippen LogP contribution in [0.2, 0.25) is 0 Å². The summed E-state index contributed by atoms with van der Waals surface area (Å²) in [6.07, 6.45) is 0. The summed E-state index contributed by atoms with van der Waals surface area (Å²) in [4.78, 5) is 15.1. The number of esters is 1. The maximum Gasteiger partial charge on any atom is 0.357 e. The van der Waals surface area contributed by atoms with Gasteiger partial charge < -0.3 is 4.74 Å². The third-order valence-corrected chi connectivity index (χ3v) is 1.98. The molecule has 1 aromatic rings. The van der Waals surface area contributed by atoms with Gasteiger partial charge in [-0.1, -0.05) is 5.92 Å². The largest absolute Gasteiger partial charge is 0.461 e. The Morgan fingerprint density at radius 3 is 3.15 bits per heavy atom. The smallest absolute Gasteiger partial charge is 0.357 e. The maximum absolute atomic E-state index is 11.1. The molecule has 13 heavy (non-hydrogen) atoms. The van der Waals surface area contributed by atoms with Gasteiger partial charge in [-0.05, 0) is 19.8 Å². The van der Waals surface area contributed by atoms with Gasteiger partial charge in [0.05, 0.1) is 6.61 Å². The van der Waals surface area contributed by atoms with Gasteiger partial charge >= 0.3 is 5.97 Å². The lowest BCUT2D eigenvalue weighted by molar-refractivity contribution is 0.0520. The van der Waals surface area contributed by atoms with E-state index >= 15 is 0 Å². The number of nitrogens with zero attached hydrogens (tertiary/aromatic N) is 1. The van der Waals surface area contributed by atoms with Crippen LogP contribution in [0.15, 0.2) is 5.38 Å². The first-order chi connectivity index (χ1) is 6.27. The lowest BCUT2D eigenvalue weighted by atomic mass is 10.5. The molecule has 3 nitrogen and oxygen atoms in total. The topological polar surface area (TPSA) is 39.2 Å². The number of ether oxygens (including phenoxy) is 1. The van der Waals surface area contributed by atoms with Gasteiger partial charge in [-0.15, -0.1) is 11.3 Å². The first-order valence-corrected chi connectivity index (χ1v) is 4.71. The average Bonchev–Trinajstić information content (AvgIpc) is 2.54. The van der Waals surface area contributed by atoms with Gasteiger partial charge in [-0.2, -0.15) is 0 Å². The van der Waals surface area contributed by atoms with Crippen molar-refractivity contribution in [3.8, 4) is 11.8 Å². The summed E-state index contributed by atoms with van der Waals surface area (Å²) in [5, 5.41) is 2.29. The lowest BCUT2D eigenvalue weighted by Gasteiger charge is -1.95. The number of carbonyl (C=O) groups is 1. The monoisotopic (exact) mass is 195 g/mol. The molecule has 0 aliphatic carbocycles. The molecule has 0 aliphatic heterocycles. The van der Waals surface area contributed by atoms with Gasteiger partial charge in [-0.3, -0.25) is 0 Å². The molecule has 0 bridgehead atoms. The SMILES string of the molecule is CC#Cc1nc(C(=O)OCC)cs1. The van der Waals surface area contributed by atoms with E-state index in [4.69, 9.17) is 4.74 Å². The van der Waals surface area contributed by atoms with Crippen LogP contribution in [0.25, 0.3) is 0 Å². The quantitative estimate of drug-likeness (QED) is 0.532. The summed E-state index contributed by atoms with van der Waals surface area (Å²) in [7, 11) is 0. The predicted molar refractivity (Wildman–Crippen MR) is 50.6 cm³/mol. The maximum atomic E-state index is 11.1. The molecule has 68 valence electrons. The van der Waals surface area contributed by atoms with Crippen LogP contribution in [0.5, 0.6) is 0 Å². The van der Waals surface area contributed by atoms with Gasteiger partial charge in [0.15, 0.2) is 10.7 Å². The second kappa shape index (κ2) is 4.63. The molecule has 0 spiro atoms. The van der Waals surface area contributed by atoms with E-state index in [0.29, 0.717) is 17.3 Å². The van der Waals surface area contributed by atoms with Gasteiger partial charge in [-0.25, -0.2) is 9.78 Å². The predicted octanol–water partition coefficient (Wildman–Crippen LogP) is 1.69. The normalized spacial score (nSPS) is 8.77. The van der Waals surface area contributed by atoms with Crippen molar-refractivity contribution in [3.63, 3.8) is 0 Å². The van der Waals surface area contributed by atoms with E-state index < -0.39 is 0 Å². The molecule has 1 aromatic heterocycles. The molecule has 0 amide bonds. The highest BCUT2D eigenvalue weighted by atomic mass is 32.1. The van der Waals surface area contributed by atoms with E-state index in [9.17, 15) is 4.79 Å². The van der Waals surface area contributed by atoms with Crippen molar-refractivity contribution in [1.82, 2.24) is 4.98 Å². The molecule has 0 aliphatic rings. The standard InChI is InChI=1S/C9H9NO2S/c1-3-5-8-10-7(6-13-8)9(11)12-4-2/h6H,4H2,1-2H3. The first kappa shape index (κ1) is 9.75. The molecule has 1 rings (SSSR count). The number of hydrogen-bond donors (Lipinski definition) is 0. The molecule has 0 radical (unpaired) electrons. The van der Waals surface area contributed by atoms with Crippen LogP contribution in [-0.4, -0.2) is 17.6 Å². The zero-order chi connectivity index (χ0) is 9.68. The van der Waals surface area contributed by atoms with Crippen molar-refractivity contribution in [1.29, 1.82) is 0 Å². The fourth-order valence-electron chi connectivity index (χ4n) is 0.737. The Balaban J connectivity index is 2.77. The van der Waals surface area contributed by atoms with Crippen LogP contribution in [0, 0.1) is 11.8 Å². The second-order valence-corrected chi connectivity index (χ2v) is 2.99. The van der Waals surface area contributed by atoms with Crippen molar-refractivity contribution in [2.24, 2.45) is 0 Å². The third kappa shape index (κ3) is 2.56. The molecule has 0 unspecified atom stereocenters. The average molecular weight is 195 g/mol. The molecular weight excluding hydrogens is 186 g/mol. The van der Waals surface area contributed by atoms with Crippen LogP contribution >= 0.6 is 11.3 Å². The van der Waals surface area contributed by atoms with Gasteiger partial charge in [0.1, 0.15) is 0 Å². The third-order valence-electron chi connectivity index (χ3n) is 1.22. The van der Waals surface area contributed by atoms with E-state index in [1.54, 1.807) is 19.2 Å². The fraction of sp³-hybridized carbons (Fsp3) is 0.333. The molecule has 4 heteroatoms. The highest BCUT2D eigenvalue weighted by Crippen LogP contribution is 2.09. The summed E-state index contributed by atoms with van der Waals surface area (Å²) in [5.41, 5.74) is 0.338. The minimum absolute atomic E-state index is 0.338. The molecule has 0 saturated heterocycles. The van der Waals surface area contributed by atoms with E-state index in [2.05, 4.69) is 16.8 Å². The van der Waals surface area contributed by atoms with Crippen LogP contribution in [0.1, 0.15) is 29.3 Å². The van der Waals surface area contributed by atoms with E-state index in [1.165, 1.54) is 11.3 Å². The molecule has 0 N–H and O–H groups in total. The van der Waals surface area contributed by atoms with Crippen molar-refractivity contribution in [2.45, 2.75) is 13.8 Å². The van der Waals surface area contributed by atoms with Crippen molar-refractivity contribution in [2.75, 3.05) is 6.61 Å². The van der Waals surface area contributed by atoms with Crippen LogP contribution < -0.4 is 0 Å². The number of hydrogen-bond acceptors (Lipinski definition) is 4. The minimum Gasteiger partial charge on any atom is -0.461 e.